The van der Waals surface area contributed by atoms with Crippen molar-refractivity contribution < 1.29 is 9.63 Å². The summed E-state index contributed by atoms with van der Waals surface area (Å²) in [5.74, 6) is 0.717. The molecule has 0 spiro atoms. The molecule has 0 amide bonds. The van der Waals surface area contributed by atoms with Crippen molar-refractivity contribution in [2.45, 2.75) is 13.0 Å². The second kappa shape index (κ2) is 2.87. The molecule has 1 unspecified atom stereocenters. The molecule has 0 bridgehead atoms. The molecule has 0 aliphatic rings. The van der Waals surface area contributed by atoms with Gasteiger partial charge in [0.15, 0.2) is 0 Å². The first kappa shape index (κ1) is 8.00. The van der Waals surface area contributed by atoms with E-state index in [1.807, 2.05) is 0 Å². The molecule has 0 saturated carbocycles. The van der Waals surface area contributed by atoms with Crippen LogP contribution in [0, 0.1) is 0 Å². The second-order valence-electron chi connectivity index (χ2n) is 2.50. The molecule has 0 aromatic carbocycles. The lowest BCUT2D eigenvalue weighted by Gasteiger charge is -2.02. The molecule has 5 heteroatoms. The van der Waals surface area contributed by atoms with Crippen LogP contribution in [0.25, 0.3) is 0 Å². The zero-order valence-corrected chi connectivity index (χ0v) is 6.77. The number of rotatable bonds is 2. The molecule has 0 aliphatic heterocycles. The Kier molecular flexibility index (Phi) is 2.09. The topological polar surface area (TPSA) is 62.4 Å². The van der Waals surface area contributed by atoms with Gasteiger partial charge in [-0.05, 0) is 12.1 Å². The number of hydrogen-bond donors (Lipinski definition) is 1. The minimum Gasteiger partial charge on any atom is -0.384 e. The molecular weight excluding hydrogens is 146 g/mol. The summed E-state index contributed by atoms with van der Waals surface area (Å²) in [7, 11) is 3.60. The standard InChI is InChI=1S/C6H11N3O2/c1-4(10)5-7-6(8-11-5)9(2)3/h4,10H,1-3H3. The Morgan fingerprint density at radius 1 is 1.55 bits per heavy atom. The lowest BCUT2D eigenvalue weighted by atomic mass is 10.4. The SMILES string of the molecule is CC(O)c1nc(N(C)C)no1. The number of nitrogens with zero attached hydrogens (tertiary/aromatic N) is 3. The normalized spacial score (nSPS) is 13.1. The van der Waals surface area contributed by atoms with Crippen LogP contribution in [0.3, 0.4) is 0 Å². The summed E-state index contributed by atoms with van der Waals surface area (Å²) >= 11 is 0. The van der Waals surface area contributed by atoms with E-state index >= 15 is 0 Å². The van der Waals surface area contributed by atoms with Gasteiger partial charge in [-0.1, -0.05) is 0 Å². The zero-order chi connectivity index (χ0) is 8.43. The molecule has 1 atom stereocenters. The third-order valence-corrected chi connectivity index (χ3v) is 1.19. The van der Waals surface area contributed by atoms with E-state index in [1.54, 1.807) is 25.9 Å². The van der Waals surface area contributed by atoms with Gasteiger partial charge in [0.25, 0.3) is 11.8 Å². The Hall–Kier alpha value is -1.10. The minimum atomic E-state index is -0.698. The van der Waals surface area contributed by atoms with E-state index < -0.39 is 6.10 Å². The third-order valence-electron chi connectivity index (χ3n) is 1.19. The van der Waals surface area contributed by atoms with Crippen molar-refractivity contribution in [3.63, 3.8) is 0 Å². The summed E-state index contributed by atoms with van der Waals surface area (Å²) in [5.41, 5.74) is 0. The highest BCUT2D eigenvalue weighted by Gasteiger charge is 2.11. The van der Waals surface area contributed by atoms with E-state index in [-0.39, 0.29) is 5.89 Å². The Morgan fingerprint density at radius 2 is 2.18 bits per heavy atom. The summed E-state index contributed by atoms with van der Waals surface area (Å²) in [5, 5.41) is 12.6. The van der Waals surface area contributed by atoms with Gasteiger partial charge >= 0.3 is 0 Å². The smallest absolute Gasteiger partial charge is 0.265 e. The second-order valence-corrected chi connectivity index (χ2v) is 2.50. The first-order valence-corrected chi connectivity index (χ1v) is 3.30. The molecule has 0 saturated heterocycles. The molecule has 1 heterocycles. The molecular formula is C6H11N3O2. The maximum atomic E-state index is 9.00. The van der Waals surface area contributed by atoms with Crippen LogP contribution >= 0.6 is 0 Å². The highest BCUT2D eigenvalue weighted by atomic mass is 16.5. The zero-order valence-electron chi connectivity index (χ0n) is 6.77. The van der Waals surface area contributed by atoms with Gasteiger partial charge in [-0.25, -0.2) is 0 Å². The van der Waals surface area contributed by atoms with E-state index in [1.165, 1.54) is 0 Å². The monoisotopic (exact) mass is 157 g/mol. The summed E-state index contributed by atoms with van der Waals surface area (Å²) in [6.07, 6.45) is -0.698. The number of aromatic nitrogens is 2. The molecule has 1 aromatic heterocycles. The number of anilines is 1. The van der Waals surface area contributed by atoms with Crippen LogP contribution in [0.4, 0.5) is 5.95 Å². The molecule has 1 aromatic rings. The summed E-state index contributed by atoms with van der Waals surface area (Å²) in [4.78, 5) is 5.61. The van der Waals surface area contributed by atoms with Crippen molar-refractivity contribution >= 4 is 5.95 Å². The molecule has 11 heavy (non-hydrogen) atoms. The summed E-state index contributed by atoms with van der Waals surface area (Å²) < 4.78 is 4.73. The fourth-order valence-corrected chi connectivity index (χ4v) is 0.578. The van der Waals surface area contributed by atoms with Crippen LogP contribution in [-0.2, 0) is 0 Å². The van der Waals surface area contributed by atoms with Gasteiger partial charge in [0.1, 0.15) is 6.10 Å². The predicted molar refractivity (Wildman–Crippen MR) is 39.3 cm³/mol. The fourth-order valence-electron chi connectivity index (χ4n) is 0.578. The first-order valence-electron chi connectivity index (χ1n) is 3.30. The largest absolute Gasteiger partial charge is 0.384 e. The molecule has 0 fully saturated rings. The van der Waals surface area contributed by atoms with E-state index in [4.69, 9.17) is 9.63 Å². The van der Waals surface area contributed by atoms with Gasteiger partial charge in [-0.15, -0.1) is 0 Å². The average Bonchev–Trinajstić information content (AvgIpc) is 2.33. The molecule has 1 N–H and O–H groups in total. The van der Waals surface area contributed by atoms with E-state index in [0.29, 0.717) is 5.95 Å². The van der Waals surface area contributed by atoms with Crippen molar-refractivity contribution in [3.8, 4) is 0 Å². The fraction of sp³-hybridized carbons (Fsp3) is 0.667. The van der Waals surface area contributed by atoms with Crippen molar-refractivity contribution in [2.75, 3.05) is 19.0 Å². The van der Waals surface area contributed by atoms with E-state index in [2.05, 4.69) is 10.1 Å². The summed E-state index contributed by atoms with van der Waals surface area (Å²) in [6, 6.07) is 0. The van der Waals surface area contributed by atoms with Gasteiger partial charge in [-0.3, -0.25) is 0 Å². The summed E-state index contributed by atoms with van der Waals surface area (Å²) in [6.45, 7) is 1.58. The Balaban J connectivity index is 2.82. The third kappa shape index (κ3) is 1.68. The lowest BCUT2D eigenvalue weighted by Crippen LogP contribution is -2.10. The van der Waals surface area contributed by atoms with Crippen LogP contribution in [0.2, 0.25) is 0 Å². The van der Waals surface area contributed by atoms with Crippen LogP contribution in [0.1, 0.15) is 18.9 Å². The Labute approximate surface area is 64.6 Å². The van der Waals surface area contributed by atoms with Gasteiger partial charge in [0.2, 0.25) is 0 Å². The van der Waals surface area contributed by atoms with E-state index in [0.717, 1.165) is 0 Å². The van der Waals surface area contributed by atoms with Crippen LogP contribution in [0.5, 0.6) is 0 Å². The Morgan fingerprint density at radius 3 is 2.45 bits per heavy atom. The maximum Gasteiger partial charge on any atom is 0.265 e. The quantitative estimate of drug-likeness (QED) is 0.664. The first-order chi connectivity index (χ1) is 5.11. The Bertz CT molecular complexity index is 209. The maximum absolute atomic E-state index is 9.00. The average molecular weight is 157 g/mol. The van der Waals surface area contributed by atoms with Crippen molar-refractivity contribution in [2.24, 2.45) is 0 Å². The molecule has 0 radical (unpaired) electrons. The van der Waals surface area contributed by atoms with Gasteiger partial charge in [0, 0.05) is 14.1 Å². The van der Waals surface area contributed by atoms with Crippen molar-refractivity contribution in [1.29, 1.82) is 0 Å². The van der Waals surface area contributed by atoms with Crippen LogP contribution in [0.15, 0.2) is 4.52 Å². The molecule has 5 nitrogen and oxygen atoms in total. The highest BCUT2D eigenvalue weighted by Crippen LogP contribution is 2.11. The predicted octanol–water partition coefficient (Wildman–Crippen LogP) is 0.189. The molecule has 62 valence electrons. The molecule has 1 rings (SSSR count). The number of aliphatic hydroxyl groups excluding tert-OH is 1. The van der Waals surface area contributed by atoms with Crippen LogP contribution < -0.4 is 4.90 Å². The van der Waals surface area contributed by atoms with Gasteiger partial charge in [0.05, 0.1) is 0 Å². The minimum absolute atomic E-state index is 0.244. The number of hydrogen-bond acceptors (Lipinski definition) is 5. The van der Waals surface area contributed by atoms with Crippen molar-refractivity contribution in [3.05, 3.63) is 5.89 Å². The molecule has 0 aliphatic carbocycles. The van der Waals surface area contributed by atoms with Gasteiger partial charge < -0.3 is 14.5 Å². The highest BCUT2D eigenvalue weighted by molar-refractivity contribution is 5.23. The van der Waals surface area contributed by atoms with Crippen LogP contribution in [-0.4, -0.2) is 29.3 Å². The van der Waals surface area contributed by atoms with E-state index in [9.17, 15) is 0 Å². The number of aliphatic hydroxyl groups is 1. The van der Waals surface area contributed by atoms with Crippen molar-refractivity contribution in [1.82, 2.24) is 10.1 Å². The lowest BCUT2D eigenvalue weighted by molar-refractivity contribution is 0.152. The van der Waals surface area contributed by atoms with Gasteiger partial charge in [-0.2, -0.15) is 4.98 Å².